The van der Waals surface area contributed by atoms with Crippen molar-refractivity contribution < 1.29 is 9.59 Å². The topological polar surface area (TPSA) is 101 Å². The van der Waals surface area contributed by atoms with Gasteiger partial charge in [-0.1, -0.05) is 11.8 Å². The van der Waals surface area contributed by atoms with Crippen LogP contribution in [0.5, 0.6) is 0 Å². The average Bonchev–Trinajstić information content (AvgIpc) is 2.98. The van der Waals surface area contributed by atoms with E-state index in [-0.39, 0.29) is 17.1 Å². The summed E-state index contributed by atoms with van der Waals surface area (Å²) < 4.78 is 1.67. The van der Waals surface area contributed by atoms with Crippen LogP contribution in [0.1, 0.15) is 25.2 Å². The van der Waals surface area contributed by atoms with Gasteiger partial charge >= 0.3 is 0 Å². The standard InChI is InChI=1S/C18H20N6O2S/c1-10-9-11(2)24-17(19-10)22-18(23-24)27-12(3)16(26)21-15-7-5-14(6-8-15)20-13(4)25/h5-9,12H,1-4H3,(H,20,25)(H,21,26)/t12-/m1/s1. The summed E-state index contributed by atoms with van der Waals surface area (Å²) in [4.78, 5) is 32.2. The summed E-state index contributed by atoms with van der Waals surface area (Å²) in [6.45, 7) is 7.08. The summed E-state index contributed by atoms with van der Waals surface area (Å²) in [6, 6.07) is 8.86. The zero-order valence-electron chi connectivity index (χ0n) is 15.5. The molecule has 2 amide bonds. The molecule has 0 aliphatic rings. The smallest absolute Gasteiger partial charge is 0.253 e. The maximum atomic E-state index is 12.4. The molecule has 2 heterocycles. The van der Waals surface area contributed by atoms with E-state index in [1.807, 2.05) is 19.9 Å². The number of anilines is 2. The van der Waals surface area contributed by atoms with Gasteiger partial charge in [0.05, 0.1) is 5.25 Å². The number of benzene rings is 1. The van der Waals surface area contributed by atoms with E-state index in [4.69, 9.17) is 0 Å². The van der Waals surface area contributed by atoms with E-state index in [2.05, 4.69) is 25.7 Å². The van der Waals surface area contributed by atoms with Crippen LogP contribution in [0.2, 0.25) is 0 Å². The molecule has 0 aliphatic carbocycles. The van der Waals surface area contributed by atoms with Gasteiger partial charge in [0.1, 0.15) is 0 Å². The molecule has 1 aromatic carbocycles. The third kappa shape index (κ3) is 4.62. The summed E-state index contributed by atoms with van der Waals surface area (Å²) in [6.07, 6.45) is 0. The van der Waals surface area contributed by atoms with E-state index in [9.17, 15) is 9.59 Å². The fourth-order valence-corrected chi connectivity index (χ4v) is 3.24. The lowest BCUT2D eigenvalue weighted by atomic mass is 10.2. The molecule has 9 heteroatoms. The summed E-state index contributed by atoms with van der Waals surface area (Å²) in [7, 11) is 0. The Hall–Kier alpha value is -2.94. The van der Waals surface area contributed by atoms with E-state index in [0.29, 0.717) is 22.3 Å². The molecule has 0 radical (unpaired) electrons. The lowest BCUT2D eigenvalue weighted by Gasteiger charge is -2.10. The van der Waals surface area contributed by atoms with Gasteiger partial charge in [0.15, 0.2) is 0 Å². The first-order valence-corrected chi connectivity index (χ1v) is 9.26. The maximum absolute atomic E-state index is 12.4. The Morgan fingerprint density at radius 1 is 1.07 bits per heavy atom. The van der Waals surface area contributed by atoms with Crippen LogP contribution >= 0.6 is 11.8 Å². The summed E-state index contributed by atoms with van der Waals surface area (Å²) >= 11 is 1.27. The number of rotatable bonds is 5. The second kappa shape index (κ2) is 7.75. The molecule has 27 heavy (non-hydrogen) atoms. The number of thioether (sulfide) groups is 1. The largest absolute Gasteiger partial charge is 0.326 e. The molecule has 3 rings (SSSR count). The van der Waals surface area contributed by atoms with Gasteiger partial charge in [-0.05, 0) is 51.1 Å². The lowest BCUT2D eigenvalue weighted by Crippen LogP contribution is -2.22. The molecule has 1 atom stereocenters. The third-order valence-electron chi connectivity index (χ3n) is 3.72. The first-order valence-electron chi connectivity index (χ1n) is 8.38. The van der Waals surface area contributed by atoms with Crippen LogP contribution in [0, 0.1) is 13.8 Å². The fraction of sp³-hybridized carbons (Fsp3) is 0.278. The first kappa shape index (κ1) is 18.8. The lowest BCUT2D eigenvalue weighted by molar-refractivity contribution is -0.115. The number of aryl methyl sites for hydroxylation is 2. The van der Waals surface area contributed by atoms with Gasteiger partial charge in [0, 0.05) is 29.7 Å². The van der Waals surface area contributed by atoms with E-state index < -0.39 is 0 Å². The number of nitrogens with zero attached hydrogens (tertiary/aromatic N) is 4. The van der Waals surface area contributed by atoms with Crippen molar-refractivity contribution >= 4 is 40.7 Å². The minimum absolute atomic E-state index is 0.142. The summed E-state index contributed by atoms with van der Waals surface area (Å²) in [5.74, 6) is 0.222. The molecule has 0 saturated heterocycles. The second-order valence-corrected chi connectivity index (χ2v) is 7.46. The highest BCUT2D eigenvalue weighted by molar-refractivity contribution is 8.00. The van der Waals surface area contributed by atoms with Crippen molar-refractivity contribution in [2.75, 3.05) is 10.6 Å². The van der Waals surface area contributed by atoms with Crippen molar-refractivity contribution in [3.63, 3.8) is 0 Å². The van der Waals surface area contributed by atoms with Gasteiger partial charge in [-0.15, -0.1) is 5.10 Å². The summed E-state index contributed by atoms with van der Waals surface area (Å²) in [5, 5.41) is 10.0. The molecular formula is C18H20N6O2S. The van der Waals surface area contributed by atoms with Crippen molar-refractivity contribution in [3.05, 3.63) is 41.7 Å². The highest BCUT2D eigenvalue weighted by atomic mass is 32.2. The number of aromatic nitrogens is 4. The number of amides is 2. The zero-order chi connectivity index (χ0) is 19.6. The van der Waals surface area contributed by atoms with Crippen molar-refractivity contribution in [2.45, 2.75) is 38.1 Å². The van der Waals surface area contributed by atoms with Crippen molar-refractivity contribution in [1.82, 2.24) is 19.6 Å². The molecule has 3 aromatic rings. The van der Waals surface area contributed by atoms with Gasteiger partial charge in [0.25, 0.3) is 5.78 Å². The molecule has 0 aliphatic heterocycles. The van der Waals surface area contributed by atoms with Crippen LogP contribution in [0.25, 0.3) is 5.78 Å². The van der Waals surface area contributed by atoms with Gasteiger partial charge in [-0.2, -0.15) is 4.98 Å². The van der Waals surface area contributed by atoms with Crippen LogP contribution < -0.4 is 10.6 Å². The van der Waals surface area contributed by atoms with Crippen LogP contribution in [-0.4, -0.2) is 36.6 Å². The Bertz CT molecular complexity index is 999. The Kier molecular flexibility index (Phi) is 5.41. The number of carbonyl (C=O) groups excluding carboxylic acids is 2. The molecule has 0 unspecified atom stereocenters. The van der Waals surface area contributed by atoms with Gasteiger partial charge in [0.2, 0.25) is 17.0 Å². The Labute approximate surface area is 160 Å². The number of nitrogens with one attached hydrogen (secondary N) is 2. The predicted molar refractivity (Wildman–Crippen MR) is 105 cm³/mol. The molecule has 2 N–H and O–H groups in total. The van der Waals surface area contributed by atoms with E-state index in [0.717, 1.165) is 11.4 Å². The van der Waals surface area contributed by atoms with Gasteiger partial charge < -0.3 is 10.6 Å². The molecule has 0 fully saturated rings. The average molecular weight is 384 g/mol. The molecular weight excluding hydrogens is 364 g/mol. The minimum Gasteiger partial charge on any atom is -0.326 e. The molecule has 0 saturated carbocycles. The number of hydrogen-bond acceptors (Lipinski definition) is 6. The van der Waals surface area contributed by atoms with Crippen LogP contribution in [0.3, 0.4) is 0 Å². The molecule has 140 valence electrons. The van der Waals surface area contributed by atoms with E-state index in [1.54, 1.807) is 35.7 Å². The number of fused-ring (bicyclic) bond motifs is 1. The molecule has 8 nitrogen and oxygen atoms in total. The van der Waals surface area contributed by atoms with Crippen LogP contribution in [-0.2, 0) is 9.59 Å². The second-order valence-electron chi connectivity index (χ2n) is 6.15. The van der Waals surface area contributed by atoms with Crippen molar-refractivity contribution in [3.8, 4) is 0 Å². The molecule has 0 spiro atoms. The number of hydrogen-bond donors (Lipinski definition) is 2. The quantitative estimate of drug-likeness (QED) is 0.656. The fourth-order valence-electron chi connectivity index (χ4n) is 2.49. The highest BCUT2D eigenvalue weighted by Gasteiger charge is 2.18. The van der Waals surface area contributed by atoms with Crippen molar-refractivity contribution in [2.24, 2.45) is 0 Å². The maximum Gasteiger partial charge on any atom is 0.253 e. The van der Waals surface area contributed by atoms with Gasteiger partial charge in [-0.25, -0.2) is 9.50 Å². The van der Waals surface area contributed by atoms with E-state index >= 15 is 0 Å². The first-order chi connectivity index (χ1) is 12.8. The SMILES string of the molecule is CC(=O)Nc1ccc(NC(=O)[C@@H](C)Sc2nc3nc(C)cc(C)n3n2)cc1. The molecule has 2 aromatic heterocycles. The normalized spacial score (nSPS) is 12.0. The Morgan fingerprint density at radius 2 is 1.70 bits per heavy atom. The van der Waals surface area contributed by atoms with Crippen LogP contribution in [0.4, 0.5) is 11.4 Å². The number of carbonyl (C=O) groups is 2. The molecule has 0 bridgehead atoms. The Balaban J connectivity index is 1.65. The Morgan fingerprint density at radius 3 is 2.33 bits per heavy atom. The van der Waals surface area contributed by atoms with Crippen molar-refractivity contribution in [1.29, 1.82) is 0 Å². The minimum atomic E-state index is -0.390. The monoisotopic (exact) mass is 384 g/mol. The summed E-state index contributed by atoms with van der Waals surface area (Å²) in [5.41, 5.74) is 3.14. The third-order valence-corrected chi connectivity index (χ3v) is 4.67. The van der Waals surface area contributed by atoms with Gasteiger partial charge in [-0.3, -0.25) is 9.59 Å². The zero-order valence-corrected chi connectivity index (χ0v) is 16.3. The van der Waals surface area contributed by atoms with Crippen LogP contribution in [0.15, 0.2) is 35.5 Å². The van der Waals surface area contributed by atoms with E-state index in [1.165, 1.54) is 18.7 Å². The highest BCUT2D eigenvalue weighted by Crippen LogP contribution is 2.22. The predicted octanol–water partition coefficient (Wildman–Crippen LogP) is 2.82.